The quantitative estimate of drug-likeness (QED) is 0.916. The van der Waals surface area contributed by atoms with E-state index in [0.29, 0.717) is 5.56 Å². The lowest BCUT2D eigenvalue weighted by Crippen LogP contribution is -2.48. The van der Waals surface area contributed by atoms with Gasteiger partial charge in [-0.05, 0) is 25.0 Å². The van der Waals surface area contributed by atoms with Crippen LogP contribution in [0, 0.1) is 0 Å². The van der Waals surface area contributed by atoms with Crippen molar-refractivity contribution in [3.63, 3.8) is 0 Å². The van der Waals surface area contributed by atoms with Crippen LogP contribution >= 0.6 is 0 Å². The van der Waals surface area contributed by atoms with Gasteiger partial charge in [0.2, 0.25) is 5.95 Å². The summed E-state index contributed by atoms with van der Waals surface area (Å²) in [6, 6.07) is 3.57. The van der Waals surface area contributed by atoms with Crippen LogP contribution in [-0.2, 0) is 0 Å². The zero-order valence-electron chi connectivity index (χ0n) is 11.0. The molecular weight excluding hydrogens is 256 g/mol. The Hall–Kier alpha value is -2.37. The zero-order chi connectivity index (χ0) is 13.8. The minimum absolute atomic E-state index is 0.0976. The van der Waals surface area contributed by atoms with Gasteiger partial charge in [0.25, 0.3) is 5.91 Å². The molecule has 1 atom stereocenters. The lowest BCUT2D eigenvalue weighted by Gasteiger charge is -2.32. The normalized spacial score (nSPS) is 18.8. The van der Waals surface area contributed by atoms with Gasteiger partial charge in [-0.25, -0.2) is 9.97 Å². The Balaban J connectivity index is 1.62. The Morgan fingerprint density at radius 3 is 3.00 bits per heavy atom. The van der Waals surface area contributed by atoms with Gasteiger partial charge in [-0.15, -0.1) is 0 Å². The van der Waals surface area contributed by atoms with E-state index in [4.69, 9.17) is 4.42 Å². The molecule has 0 aliphatic carbocycles. The smallest absolute Gasteiger partial charge is 0.254 e. The molecule has 1 fully saturated rings. The Kier molecular flexibility index (Phi) is 3.62. The van der Waals surface area contributed by atoms with Crippen molar-refractivity contribution in [3.8, 4) is 0 Å². The zero-order valence-corrected chi connectivity index (χ0v) is 11.0. The van der Waals surface area contributed by atoms with Crippen molar-refractivity contribution in [1.29, 1.82) is 0 Å². The van der Waals surface area contributed by atoms with Crippen molar-refractivity contribution in [3.05, 3.63) is 42.6 Å². The first-order chi connectivity index (χ1) is 9.83. The Bertz CT molecular complexity index is 556. The van der Waals surface area contributed by atoms with Gasteiger partial charge in [0.1, 0.15) is 6.26 Å². The number of hydrogen-bond acceptors (Lipinski definition) is 5. The number of rotatable bonds is 3. The highest BCUT2D eigenvalue weighted by Gasteiger charge is 2.23. The van der Waals surface area contributed by atoms with Crippen molar-refractivity contribution in [2.45, 2.75) is 18.9 Å². The first-order valence-corrected chi connectivity index (χ1v) is 6.68. The van der Waals surface area contributed by atoms with E-state index in [0.717, 1.165) is 31.9 Å². The van der Waals surface area contributed by atoms with Crippen LogP contribution < -0.4 is 10.2 Å². The molecule has 1 amide bonds. The van der Waals surface area contributed by atoms with Crippen LogP contribution in [-0.4, -0.2) is 35.0 Å². The van der Waals surface area contributed by atoms with Crippen LogP contribution in [0.4, 0.5) is 5.95 Å². The molecule has 6 nitrogen and oxygen atoms in total. The van der Waals surface area contributed by atoms with E-state index >= 15 is 0 Å². The molecular formula is C14H16N4O2. The van der Waals surface area contributed by atoms with Gasteiger partial charge in [-0.3, -0.25) is 4.79 Å². The minimum Gasteiger partial charge on any atom is -0.472 e. The maximum absolute atomic E-state index is 12.0. The number of nitrogens with zero attached hydrogens (tertiary/aromatic N) is 3. The second-order valence-corrected chi connectivity index (χ2v) is 4.82. The van der Waals surface area contributed by atoms with Crippen LogP contribution in [0.25, 0.3) is 0 Å². The number of nitrogens with one attached hydrogen (secondary N) is 1. The number of hydrogen-bond donors (Lipinski definition) is 1. The van der Waals surface area contributed by atoms with Crippen LogP contribution in [0.5, 0.6) is 0 Å². The molecule has 0 bridgehead atoms. The second kappa shape index (κ2) is 5.73. The van der Waals surface area contributed by atoms with E-state index in [1.807, 2.05) is 0 Å². The van der Waals surface area contributed by atoms with E-state index in [2.05, 4.69) is 20.2 Å². The number of amides is 1. The largest absolute Gasteiger partial charge is 0.472 e. The summed E-state index contributed by atoms with van der Waals surface area (Å²) in [7, 11) is 0. The van der Waals surface area contributed by atoms with Crippen LogP contribution in [0.15, 0.2) is 41.5 Å². The number of furan rings is 1. The highest BCUT2D eigenvalue weighted by molar-refractivity contribution is 5.94. The summed E-state index contributed by atoms with van der Waals surface area (Å²) in [6.45, 7) is 1.65. The molecule has 3 heterocycles. The van der Waals surface area contributed by atoms with Gasteiger partial charge in [-0.2, -0.15) is 0 Å². The number of carbonyl (C=O) groups is 1. The molecule has 1 aliphatic rings. The van der Waals surface area contributed by atoms with E-state index in [1.165, 1.54) is 12.5 Å². The Morgan fingerprint density at radius 1 is 1.40 bits per heavy atom. The molecule has 2 aromatic rings. The van der Waals surface area contributed by atoms with E-state index in [-0.39, 0.29) is 11.9 Å². The second-order valence-electron chi connectivity index (χ2n) is 4.82. The van der Waals surface area contributed by atoms with E-state index < -0.39 is 0 Å². The number of aromatic nitrogens is 2. The van der Waals surface area contributed by atoms with Gasteiger partial charge in [0, 0.05) is 31.5 Å². The molecule has 0 unspecified atom stereocenters. The van der Waals surface area contributed by atoms with Crippen molar-refractivity contribution >= 4 is 11.9 Å². The predicted molar refractivity (Wildman–Crippen MR) is 73.4 cm³/mol. The molecule has 0 spiro atoms. The molecule has 1 N–H and O–H groups in total. The molecule has 0 saturated carbocycles. The van der Waals surface area contributed by atoms with Crippen LogP contribution in [0.3, 0.4) is 0 Å². The van der Waals surface area contributed by atoms with Gasteiger partial charge >= 0.3 is 0 Å². The van der Waals surface area contributed by atoms with Crippen molar-refractivity contribution in [2.24, 2.45) is 0 Å². The fraction of sp³-hybridized carbons (Fsp3) is 0.357. The molecule has 1 saturated heterocycles. The monoisotopic (exact) mass is 272 g/mol. The molecule has 6 heteroatoms. The summed E-state index contributed by atoms with van der Waals surface area (Å²) in [5.41, 5.74) is 0.554. The summed E-state index contributed by atoms with van der Waals surface area (Å²) in [6.07, 6.45) is 8.39. The van der Waals surface area contributed by atoms with Gasteiger partial charge in [-0.1, -0.05) is 0 Å². The molecule has 3 rings (SSSR count). The van der Waals surface area contributed by atoms with E-state index in [1.54, 1.807) is 24.5 Å². The molecule has 0 aromatic carbocycles. The van der Waals surface area contributed by atoms with Crippen LogP contribution in [0.1, 0.15) is 23.2 Å². The lowest BCUT2D eigenvalue weighted by atomic mass is 10.1. The first-order valence-electron chi connectivity index (χ1n) is 6.68. The highest BCUT2D eigenvalue weighted by atomic mass is 16.3. The lowest BCUT2D eigenvalue weighted by molar-refractivity contribution is 0.0932. The van der Waals surface area contributed by atoms with Crippen molar-refractivity contribution < 1.29 is 9.21 Å². The SMILES string of the molecule is O=C(N[C@@H]1CCCN(c2ncccn2)C1)c1ccoc1. The van der Waals surface area contributed by atoms with Crippen molar-refractivity contribution in [1.82, 2.24) is 15.3 Å². The highest BCUT2D eigenvalue weighted by Crippen LogP contribution is 2.15. The summed E-state index contributed by atoms with van der Waals surface area (Å²) in [5.74, 6) is 0.620. The Labute approximate surface area is 116 Å². The molecule has 1 aliphatic heterocycles. The third-order valence-electron chi connectivity index (χ3n) is 3.37. The molecule has 0 radical (unpaired) electrons. The summed E-state index contributed by atoms with van der Waals surface area (Å²) in [5, 5.41) is 3.02. The fourth-order valence-electron chi connectivity index (χ4n) is 2.39. The summed E-state index contributed by atoms with van der Waals surface area (Å²) in [4.78, 5) is 22.6. The Morgan fingerprint density at radius 2 is 2.25 bits per heavy atom. The van der Waals surface area contributed by atoms with Gasteiger partial charge < -0.3 is 14.6 Å². The average Bonchev–Trinajstić information content (AvgIpc) is 3.03. The molecule has 104 valence electrons. The van der Waals surface area contributed by atoms with Crippen molar-refractivity contribution in [2.75, 3.05) is 18.0 Å². The fourth-order valence-corrected chi connectivity index (χ4v) is 2.39. The third-order valence-corrected chi connectivity index (χ3v) is 3.37. The minimum atomic E-state index is -0.0976. The standard InChI is InChI=1S/C14H16N4O2/c19-13(11-4-8-20-10-11)17-12-3-1-7-18(9-12)14-15-5-2-6-16-14/h2,4-6,8,10,12H,1,3,7,9H2,(H,17,19)/t12-/m1/s1. The summed E-state index contributed by atoms with van der Waals surface area (Å²) < 4.78 is 4.92. The van der Waals surface area contributed by atoms with E-state index in [9.17, 15) is 4.79 Å². The third kappa shape index (κ3) is 2.79. The number of carbonyl (C=O) groups excluding carboxylic acids is 1. The topological polar surface area (TPSA) is 71.3 Å². The number of anilines is 1. The predicted octanol–water partition coefficient (Wildman–Crippen LogP) is 1.47. The molecule has 2 aromatic heterocycles. The van der Waals surface area contributed by atoms with Gasteiger partial charge in [0.05, 0.1) is 11.8 Å². The van der Waals surface area contributed by atoms with Gasteiger partial charge in [0.15, 0.2) is 0 Å². The van der Waals surface area contributed by atoms with Crippen LogP contribution in [0.2, 0.25) is 0 Å². The maximum Gasteiger partial charge on any atom is 0.254 e. The number of piperidine rings is 1. The summed E-state index contributed by atoms with van der Waals surface area (Å²) >= 11 is 0. The first kappa shape index (κ1) is 12.7. The maximum atomic E-state index is 12.0. The average molecular weight is 272 g/mol. The molecule has 20 heavy (non-hydrogen) atoms.